The summed E-state index contributed by atoms with van der Waals surface area (Å²) < 4.78 is 1.45. The van der Waals surface area contributed by atoms with Crippen molar-refractivity contribution in [2.75, 3.05) is 13.1 Å². The van der Waals surface area contributed by atoms with E-state index in [1.165, 1.54) is 16.8 Å². The van der Waals surface area contributed by atoms with E-state index in [1.807, 2.05) is 6.92 Å². The minimum Gasteiger partial charge on any atom is -0.337 e. The van der Waals surface area contributed by atoms with Gasteiger partial charge >= 0.3 is 0 Å². The molecule has 2 unspecified atom stereocenters. The minimum absolute atomic E-state index is 0.0345. The van der Waals surface area contributed by atoms with Crippen LogP contribution in [-0.2, 0) is 0 Å². The molecule has 138 valence electrons. The van der Waals surface area contributed by atoms with Gasteiger partial charge in [0.2, 0.25) is 0 Å². The zero-order chi connectivity index (χ0) is 18.8. The van der Waals surface area contributed by atoms with Crippen molar-refractivity contribution in [2.24, 2.45) is 11.7 Å². The van der Waals surface area contributed by atoms with Gasteiger partial charge in [-0.05, 0) is 38.7 Å². The van der Waals surface area contributed by atoms with Crippen LogP contribution in [0.5, 0.6) is 0 Å². The summed E-state index contributed by atoms with van der Waals surface area (Å²) >= 11 is 0. The Balaban J connectivity index is 1.86. The molecular formula is C17H22N6O3. The number of non-ortho nitro benzene ring substituents is 1. The first-order chi connectivity index (χ1) is 12.4. The van der Waals surface area contributed by atoms with Gasteiger partial charge in [-0.2, -0.15) is 0 Å². The van der Waals surface area contributed by atoms with Crippen LogP contribution in [-0.4, -0.2) is 49.9 Å². The van der Waals surface area contributed by atoms with Crippen LogP contribution in [0.1, 0.15) is 35.9 Å². The molecule has 9 nitrogen and oxygen atoms in total. The first-order valence-electron chi connectivity index (χ1n) is 8.60. The first kappa shape index (κ1) is 18.0. The molecule has 1 amide bonds. The summed E-state index contributed by atoms with van der Waals surface area (Å²) in [5, 5.41) is 19.0. The van der Waals surface area contributed by atoms with Crippen molar-refractivity contribution in [2.45, 2.75) is 32.7 Å². The summed E-state index contributed by atoms with van der Waals surface area (Å²) in [5.41, 5.74) is 7.27. The first-order valence-corrected chi connectivity index (χ1v) is 8.60. The number of amides is 1. The number of carbonyl (C=O) groups excluding carboxylic acids is 1. The van der Waals surface area contributed by atoms with Gasteiger partial charge in [0.05, 0.1) is 16.3 Å². The Bertz CT molecular complexity index is 832. The van der Waals surface area contributed by atoms with Crippen molar-refractivity contribution in [1.29, 1.82) is 0 Å². The number of nitro benzene ring substituents is 1. The van der Waals surface area contributed by atoms with E-state index < -0.39 is 4.92 Å². The predicted octanol–water partition coefficient (Wildman–Crippen LogP) is 1.68. The fourth-order valence-electron chi connectivity index (χ4n) is 3.28. The topological polar surface area (TPSA) is 120 Å². The Morgan fingerprint density at radius 2 is 2.23 bits per heavy atom. The number of benzene rings is 1. The summed E-state index contributed by atoms with van der Waals surface area (Å²) in [7, 11) is 0. The summed E-state index contributed by atoms with van der Waals surface area (Å²) in [6.07, 6.45) is 1.93. The summed E-state index contributed by atoms with van der Waals surface area (Å²) in [6, 6.07) is 6.11. The Hall–Kier alpha value is -2.81. The van der Waals surface area contributed by atoms with Crippen molar-refractivity contribution in [1.82, 2.24) is 19.9 Å². The quantitative estimate of drug-likeness (QED) is 0.656. The number of rotatable bonds is 4. The van der Waals surface area contributed by atoms with Crippen molar-refractivity contribution in [3.8, 4) is 5.69 Å². The fraction of sp³-hybridized carbons (Fsp3) is 0.471. The Labute approximate surface area is 150 Å². The van der Waals surface area contributed by atoms with E-state index in [-0.39, 0.29) is 29.2 Å². The highest BCUT2D eigenvalue weighted by Gasteiger charge is 2.29. The van der Waals surface area contributed by atoms with Crippen LogP contribution < -0.4 is 5.73 Å². The maximum absolute atomic E-state index is 12.9. The number of hydrogen-bond donors (Lipinski definition) is 1. The smallest absolute Gasteiger partial charge is 0.276 e. The highest BCUT2D eigenvalue weighted by Crippen LogP contribution is 2.22. The van der Waals surface area contributed by atoms with Crippen LogP contribution in [0.3, 0.4) is 0 Å². The van der Waals surface area contributed by atoms with Crippen LogP contribution in [0.25, 0.3) is 5.69 Å². The molecule has 9 heteroatoms. The highest BCUT2D eigenvalue weighted by molar-refractivity contribution is 5.93. The molecule has 0 aliphatic carbocycles. The van der Waals surface area contributed by atoms with Crippen LogP contribution >= 0.6 is 0 Å². The third-order valence-corrected chi connectivity index (χ3v) is 4.87. The molecule has 1 saturated heterocycles. The van der Waals surface area contributed by atoms with E-state index >= 15 is 0 Å². The molecule has 1 fully saturated rings. The van der Waals surface area contributed by atoms with Crippen LogP contribution in [0.15, 0.2) is 24.3 Å². The number of nitrogens with zero attached hydrogens (tertiary/aromatic N) is 5. The lowest BCUT2D eigenvalue weighted by molar-refractivity contribution is -0.384. The molecule has 0 saturated carbocycles. The van der Waals surface area contributed by atoms with Gasteiger partial charge in [0.25, 0.3) is 11.6 Å². The minimum atomic E-state index is -0.469. The summed E-state index contributed by atoms with van der Waals surface area (Å²) in [6.45, 7) is 4.98. The molecule has 1 aliphatic rings. The van der Waals surface area contributed by atoms with Crippen LogP contribution in [0.4, 0.5) is 5.69 Å². The van der Waals surface area contributed by atoms with E-state index in [9.17, 15) is 14.9 Å². The maximum Gasteiger partial charge on any atom is 0.276 e. The second-order valence-electron chi connectivity index (χ2n) is 6.72. The number of carbonyl (C=O) groups is 1. The maximum atomic E-state index is 12.9. The molecule has 0 bridgehead atoms. The molecule has 0 spiro atoms. The number of likely N-dealkylation sites (tertiary alicyclic amines) is 1. The second kappa shape index (κ2) is 7.20. The van der Waals surface area contributed by atoms with E-state index in [1.54, 1.807) is 24.0 Å². The predicted molar refractivity (Wildman–Crippen MR) is 95.0 cm³/mol. The fourth-order valence-corrected chi connectivity index (χ4v) is 3.28. The van der Waals surface area contributed by atoms with Gasteiger partial charge in [0.15, 0.2) is 5.69 Å². The molecule has 2 atom stereocenters. The number of nitrogens with two attached hydrogens (primary N) is 1. The SMILES string of the molecule is Cc1c(C(=O)N2CCCC(C(C)N)C2)nnn1-c1cccc([N+](=O)[O-])c1. The number of hydrogen-bond acceptors (Lipinski definition) is 6. The highest BCUT2D eigenvalue weighted by atomic mass is 16.6. The van der Waals surface area contributed by atoms with E-state index in [0.29, 0.717) is 24.5 Å². The molecule has 2 aromatic rings. The van der Waals surface area contributed by atoms with Gasteiger partial charge in [0, 0.05) is 31.3 Å². The molecule has 2 N–H and O–H groups in total. The average molecular weight is 358 g/mol. The molecule has 3 rings (SSSR count). The van der Waals surface area contributed by atoms with Gasteiger partial charge < -0.3 is 10.6 Å². The third kappa shape index (κ3) is 3.43. The Morgan fingerprint density at radius 3 is 2.92 bits per heavy atom. The largest absolute Gasteiger partial charge is 0.337 e. The average Bonchev–Trinajstić information content (AvgIpc) is 3.02. The van der Waals surface area contributed by atoms with Gasteiger partial charge in [-0.25, -0.2) is 4.68 Å². The standard InChI is InChI=1S/C17H22N6O3/c1-11(18)13-5-4-8-21(10-13)17(24)16-12(2)22(20-19-16)14-6-3-7-15(9-14)23(25)26/h3,6-7,9,11,13H,4-5,8,10,18H2,1-2H3. The second-order valence-corrected chi connectivity index (χ2v) is 6.72. The Morgan fingerprint density at radius 1 is 1.46 bits per heavy atom. The van der Waals surface area contributed by atoms with Crippen molar-refractivity contribution in [3.05, 3.63) is 45.8 Å². The van der Waals surface area contributed by atoms with Gasteiger partial charge in [-0.1, -0.05) is 11.3 Å². The molecular weight excluding hydrogens is 336 g/mol. The summed E-state index contributed by atoms with van der Waals surface area (Å²) in [4.78, 5) is 25.1. The van der Waals surface area contributed by atoms with Gasteiger partial charge in [0.1, 0.15) is 0 Å². The molecule has 1 aliphatic heterocycles. The zero-order valence-corrected chi connectivity index (χ0v) is 14.8. The molecule has 2 heterocycles. The van der Waals surface area contributed by atoms with Gasteiger partial charge in [-0.3, -0.25) is 14.9 Å². The van der Waals surface area contributed by atoms with Crippen LogP contribution in [0, 0.1) is 23.0 Å². The zero-order valence-electron chi connectivity index (χ0n) is 14.8. The lowest BCUT2D eigenvalue weighted by atomic mass is 9.92. The monoisotopic (exact) mass is 358 g/mol. The van der Waals surface area contributed by atoms with Crippen molar-refractivity contribution >= 4 is 11.6 Å². The Kier molecular flexibility index (Phi) is 4.99. The molecule has 26 heavy (non-hydrogen) atoms. The lowest BCUT2D eigenvalue weighted by Crippen LogP contribution is -2.45. The molecule has 1 aromatic carbocycles. The third-order valence-electron chi connectivity index (χ3n) is 4.87. The van der Waals surface area contributed by atoms with E-state index in [4.69, 9.17) is 5.73 Å². The van der Waals surface area contributed by atoms with Crippen molar-refractivity contribution in [3.63, 3.8) is 0 Å². The number of piperidine rings is 1. The summed E-state index contributed by atoms with van der Waals surface area (Å²) in [5.74, 6) is 0.101. The van der Waals surface area contributed by atoms with Crippen LogP contribution in [0.2, 0.25) is 0 Å². The van der Waals surface area contributed by atoms with E-state index in [0.717, 1.165) is 12.8 Å². The molecule has 1 aromatic heterocycles. The van der Waals surface area contributed by atoms with Crippen molar-refractivity contribution < 1.29 is 9.72 Å². The number of nitro groups is 1. The lowest BCUT2D eigenvalue weighted by Gasteiger charge is -2.34. The normalized spacial score (nSPS) is 18.6. The molecule has 0 radical (unpaired) electrons. The number of aromatic nitrogens is 3. The van der Waals surface area contributed by atoms with E-state index in [2.05, 4.69) is 10.3 Å². The van der Waals surface area contributed by atoms with Gasteiger partial charge in [-0.15, -0.1) is 5.10 Å².